The van der Waals surface area contributed by atoms with Gasteiger partial charge in [-0.05, 0) is 12.8 Å². The summed E-state index contributed by atoms with van der Waals surface area (Å²) >= 11 is 0.655. The number of halogens is 6. The number of aromatic amines is 1. The molecule has 12 heteroatoms. The van der Waals surface area contributed by atoms with Crippen LogP contribution >= 0.6 is 11.8 Å². The van der Waals surface area contributed by atoms with Gasteiger partial charge in [0.05, 0.1) is 10.5 Å². The van der Waals surface area contributed by atoms with E-state index in [0.29, 0.717) is 18.2 Å². The van der Waals surface area contributed by atoms with Crippen molar-refractivity contribution < 1.29 is 31.3 Å². The third-order valence-electron chi connectivity index (χ3n) is 3.40. The largest absolute Gasteiger partial charge is 0.449 e. The van der Waals surface area contributed by atoms with E-state index in [0.717, 1.165) is 6.42 Å². The smallest absolute Gasteiger partial charge is 0.329 e. The Morgan fingerprint density at radius 1 is 1.22 bits per heavy atom. The fourth-order valence-electron chi connectivity index (χ4n) is 2.27. The van der Waals surface area contributed by atoms with Gasteiger partial charge >= 0.3 is 12.4 Å². The van der Waals surface area contributed by atoms with E-state index in [-0.39, 0.29) is 11.8 Å². The monoisotopic (exact) mass is 413 g/mol. The quantitative estimate of drug-likeness (QED) is 0.158. The van der Waals surface area contributed by atoms with Crippen LogP contribution in [0.1, 0.15) is 31.2 Å². The molecule has 1 aromatic heterocycles. The Bertz CT molecular complexity index is 873. The van der Waals surface area contributed by atoms with Crippen molar-refractivity contribution in [3.63, 3.8) is 0 Å². The Labute approximate surface area is 153 Å². The van der Waals surface area contributed by atoms with Crippen LogP contribution in [-0.4, -0.2) is 20.6 Å². The summed E-state index contributed by atoms with van der Waals surface area (Å²) in [6.07, 6.45) is -5.34. The number of rotatable bonds is 6. The highest BCUT2D eigenvalue weighted by molar-refractivity contribution is 7.99. The number of nitrogens with one attached hydrogen (secondary N) is 1. The molecule has 5 nitrogen and oxygen atoms in total. The summed E-state index contributed by atoms with van der Waals surface area (Å²) in [5.74, 6) is -1.45. The first-order valence-corrected chi connectivity index (χ1v) is 8.58. The second-order valence-electron chi connectivity index (χ2n) is 5.35. The Kier molecular flexibility index (Phi) is 6.07. The molecule has 148 valence electrons. The van der Waals surface area contributed by atoms with Gasteiger partial charge < -0.3 is 4.98 Å². The minimum Gasteiger partial charge on any atom is -0.329 e. The fraction of sp³-hybridized carbons (Fsp3) is 0.400. The van der Waals surface area contributed by atoms with Gasteiger partial charge in [-0.25, -0.2) is 4.98 Å². The molecule has 2 rings (SSSR count). The average Bonchev–Trinajstić information content (AvgIpc) is 2.98. The number of nitro benzene ring substituents is 1. The van der Waals surface area contributed by atoms with Crippen LogP contribution in [0.3, 0.4) is 0 Å². The van der Waals surface area contributed by atoms with Gasteiger partial charge in [0.15, 0.2) is 0 Å². The van der Waals surface area contributed by atoms with Crippen LogP contribution in [0.5, 0.6) is 0 Å². The first-order valence-electron chi connectivity index (χ1n) is 7.60. The first kappa shape index (κ1) is 21.1. The predicted octanol–water partition coefficient (Wildman–Crippen LogP) is 5.96. The molecule has 0 radical (unpaired) electrons. The number of nitrogens with zero attached hydrogens (tertiary/aromatic N) is 2. The number of H-pyrrole nitrogens is 1. The number of benzene rings is 1. The van der Waals surface area contributed by atoms with Gasteiger partial charge in [-0.15, -0.1) is 11.8 Å². The molecule has 0 saturated heterocycles. The van der Waals surface area contributed by atoms with Crippen molar-refractivity contribution in [3.05, 3.63) is 39.7 Å². The Morgan fingerprint density at radius 3 is 2.41 bits per heavy atom. The molecular formula is C15H13F6N3O2S. The van der Waals surface area contributed by atoms with Gasteiger partial charge in [0.1, 0.15) is 11.0 Å². The minimum absolute atomic E-state index is 0.140. The summed E-state index contributed by atoms with van der Waals surface area (Å²) in [5, 5.41) is 11.1. The van der Waals surface area contributed by atoms with Gasteiger partial charge in [0.2, 0.25) is 5.82 Å². The normalized spacial score (nSPS) is 13.0. The summed E-state index contributed by atoms with van der Waals surface area (Å²) in [7, 11) is 0. The Hall–Kier alpha value is -2.24. The zero-order valence-electron chi connectivity index (χ0n) is 13.7. The van der Waals surface area contributed by atoms with Crippen LogP contribution in [-0.2, 0) is 12.4 Å². The number of imidazole rings is 1. The van der Waals surface area contributed by atoms with Crippen molar-refractivity contribution in [2.24, 2.45) is 0 Å². The third kappa shape index (κ3) is 4.73. The van der Waals surface area contributed by atoms with Gasteiger partial charge in [-0.3, -0.25) is 10.1 Å². The first-order chi connectivity index (χ1) is 12.5. The van der Waals surface area contributed by atoms with Crippen molar-refractivity contribution in [2.45, 2.75) is 37.0 Å². The molecular weight excluding hydrogens is 400 g/mol. The number of fused-ring (bicyclic) bond motifs is 1. The number of nitro groups is 1. The van der Waals surface area contributed by atoms with E-state index in [1.54, 1.807) is 17.1 Å². The molecule has 1 heterocycles. The summed E-state index contributed by atoms with van der Waals surface area (Å²) < 4.78 is 78.9. The van der Waals surface area contributed by atoms with Crippen LogP contribution in [0.15, 0.2) is 23.1 Å². The zero-order chi connectivity index (χ0) is 20.4. The molecule has 0 fully saturated rings. The Balaban J connectivity index is 2.67. The highest BCUT2D eigenvalue weighted by Crippen LogP contribution is 2.44. The van der Waals surface area contributed by atoms with Crippen molar-refractivity contribution in [1.82, 2.24) is 9.97 Å². The van der Waals surface area contributed by atoms with Crippen molar-refractivity contribution in [3.8, 4) is 0 Å². The number of thioether (sulfide) groups is 1. The van der Waals surface area contributed by atoms with Gasteiger partial charge in [0.25, 0.3) is 5.69 Å². The van der Waals surface area contributed by atoms with Gasteiger partial charge in [-0.1, -0.05) is 19.1 Å². The van der Waals surface area contributed by atoms with E-state index < -0.39 is 50.3 Å². The second-order valence-corrected chi connectivity index (χ2v) is 6.46. The number of aromatic nitrogens is 2. The highest BCUT2D eigenvalue weighted by atomic mass is 32.2. The van der Waals surface area contributed by atoms with Crippen molar-refractivity contribution in [1.29, 1.82) is 0 Å². The maximum atomic E-state index is 13.4. The number of hydrogen-bond acceptors (Lipinski definition) is 4. The summed E-state index contributed by atoms with van der Waals surface area (Å²) in [5.41, 5.74) is -3.90. The number of alkyl halides is 6. The molecule has 0 bridgehead atoms. The number of hydrogen-bond donors (Lipinski definition) is 1. The minimum atomic E-state index is -4.99. The van der Waals surface area contributed by atoms with E-state index in [4.69, 9.17) is 0 Å². The SMILES string of the molecule is CCC=CCCSc1c(C(F)(F)F)cc([N+](=O)[O-])c2[nH]c(C(F)(F)F)nc12. The van der Waals surface area contributed by atoms with Crippen molar-refractivity contribution in [2.75, 3.05) is 5.75 Å². The molecule has 0 saturated carbocycles. The third-order valence-corrected chi connectivity index (χ3v) is 4.55. The lowest BCUT2D eigenvalue weighted by atomic mass is 10.1. The number of allylic oxidation sites excluding steroid dienone is 2. The molecule has 0 unspecified atom stereocenters. The second kappa shape index (κ2) is 7.79. The summed E-state index contributed by atoms with van der Waals surface area (Å²) in [6, 6.07) is 0.241. The molecule has 0 aliphatic rings. The summed E-state index contributed by atoms with van der Waals surface area (Å²) in [4.78, 5) is 14.3. The van der Waals surface area contributed by atoms with Crippen LogP contribution < -0.4 is 0 Å². The van der Waals surface area contributed by atoms with Crippen LogP contribution in [0.4, 0.5) is 32.0 Å². The maximum absolute atomic E-state index is 13.4. The van der Waals surface area contributed by atoms with E-state index in [2.05, 4.69) is 4.98 Å². The summed E-state index contributed by atoms with van der Waals surface area (Å²) in [6.45, 7) is 1.87. The van der Waals surface area contributed by atoms with E-state index in [1.165, 1.54) is 0 Å². The van der Waals surface area contributed by atoms with Gasteiger partial charge in [-0.2, -0.15) is 26.3 Å². The Morgan fingerprint density at radius 2 is 1.89 bits per heavy atom. The lowest BCUT2D eigenvalue weighted by Crippen LogP contribution is -2.09. The molecule has 0 atom stereocenters. The van der Waals surface area contributed by atoms with Gasteiger partial charge in [0, 0.05) is 16.7 Å². The standard InChI is InChI=1S/C15H13F6N3O2S/c1-2-3-4-5-6-27-12-8(14(16,17)18)7-9(24(25)26)10-11(12)23-13(22-10)15(19,20)21/h3-4,7H,2,5-6H2,1H3,(H,22,23). The molecule has 0 spiro atoms. The lowest BCUT2D eigenvalue weighted by Gasteiger charge is -2.13. The van der Waals surface area contributed by atoms with Crippen LogP contribution in [0.2, 0.25) is 0 Å². The molecule has 1 N–H and O–H groups in total. The predicted molar refractivity (Wildman–Crippen MR) is 87.5 cm³/mol. The van der Waals surface area contributed by atoms with E-state index in [9.17, 15) is 36.5 Å². The topological polar surface area (TPSA) is 71.8 Å². The lowest BCUT2D eigenvalue weighted by molar-refractivity contribution is -0.383. The molecule has 0 amide bonds. The fourth-order valence-corrected chi connectivity index (χ4v) is 3.35. The highest BCUT2D eigenvalue weighted by Gasteiger charge is 2.41. The molecule has 27 heavy (non-hydrogen) atoms. The van der Waals surface area contributed by atoms with Crippen molar-refractivity contribution >= 4 is 28.5 Å². The van der Waals surface area contributed by atoms with E-state index >= 15 is 0 Å². The van der Waals surface area contributed by atoms with Crippen LogP contribution in [0.25, 0.3) is 11.0 Å². The molecule has 1 aromatic carbocycles. The molecule has 0 aliphatic heterocycles. The molecule has 2 aromatic rings. The average molecular weight is 413 g/mol. The van der Waals surface area contributed by atoms with E-state index in [1.807, 2.05) is 6.92 Å². The van der Waals surface area contributed by atoms with Crippen LogP contribution in [0, 0.1) is 10.1 Å². The molecule has 0 aliphatic carbocycles. The maximum Gasteiger partial charge on any atom is 0.449 e. The number of non-ortho nitro benzene ring substituents is 1. The zero-order valence-corrected chi connectivity index (χ0v) is 14.6.